The fourth-order valence-corrected chi connectivity index (χ4v) is 1.44. The highest BCUT2D eigenvalue weighted by molar-refractivity contribution is 5.87. The highest BCUT2D eigenvalue weighted by Gasteiger charge is 2.09. The molecule has 1 heterocycles. The Hall–Kier alpha value is -2.10. The van der Waals surface area contributed by atoms with Crippen molar-refractivity contribution in [1.82, 2.24) is 4.98 Å². The fourth-order valence-electron chi connectivity index (χ4n) is 1.44. The molecule has 2 aromatic rings. The lowest BCUT2D eigenvalue weighted by molar-refractivity contribution is 0.112. The van der Waals surface area contributed by atoms with Crippen LogP contribution >= 0.6 is 0 Å². The first-order valence-electron chi connectivity index (χ1n) is 4.58. The van der Waals surface area contributed by atoms with Crippen LogP contribution < -0.4 is 0 Å². The topological polar surface area (TPSA) is 30.0 Å². The van der Waals surface area contributed by atoms with Gasteiger partial charge in [-0.05, 0) is 23.8 Å². The number of hydrogen-bond donors (Lipinski definition) is 0. The lowest BCUT2D eigenvalue weighted by Gasteiger charge is -2.04. The molecule has 0 radical (unpaired) electrons. The van der Waals surface area contributed by atoms with Gasteiger partial charge in [-0.25, -0.2) is 9.37 Å². The van der Waals surface area contributed by atoms with Crippen LogP contribution in [0, 0.1) is 11.8 Å². The molecule has 0 spiro atoms. The molecule has 16 heavy (non-hydrogen) atoms. The zero-order valence-electron chi connectivity index (χ0n) is 8.15. The van der Waals surface area contributed by atoms with Gasteiger partial charge in [0.15, 0.2) is 6.29 Å². The number of carbonyl (C=O) groups is 1. The van der Waals surface area contributed by atoms with E-state index in [1.807, 2.05) is 0 Å². The summed E-state index contributed by atoms with van der Waals surface area (Å²) in [6.07, 6.45) is 1.70. The second-order valence-electron chi connectivity index (χ2n) is 3.19. The van der Waals surface area contributed by atoms with E-state index < -0.39 is 11.8 Å². The van der Waals surface area contributed by atoms with Gasteiger partial charge in [0, 0.05) is 11.8 Å². The van der Waals surface area contributed by atoms with Gasteiger partial charge in [-0.1, -0.05) is 12.1 Å². The highest BCUT2D eigenvalue weighted by atomic mass is 19.1. The maximum Gasteiger partial charge on any atom is 0.212 e. The molecule has 4 heteroatoms. The molecule has 0 aliphatic heterocycles. The first kappa shape index (κ1) is 10.4. The van der Waals surface area contributed by atoms with Gasteiger partial charge in [0.25, 0.3) is 0 Å². The minimum atomic E-state index is -0.618. The molecule has 0 unspecified atom stereocenters. The summed E-state index contributed by atoms with van der Waals surface area (Å²) >= 11 is 0. The third kappa shape index (κ3) is 1.82. The largest absolute Gasteiger partial charge is 0.298 e. The van der Waals surface area contributed by atoms with Crippen LogP contribution in [-0.4, -0.2) is 11.3 Å². The van der Waals surface area contributed by atoms with Gasteiger partial charge in [0.1, 0.15) is 5.82 Å². The van der Waals surface area contributed by atoms with Crippen LogP contribution in [0.2, 0.25) is 0 Å². The van der Waals surface area contributed by atoms with Crippen LogP contribution in [0.15, 0.2) is 36.5 Å². The van der Waals surface area contributed by atoms with Gasteiger partial charge in [0.2, 0.25) is 5.95 Å². The Balaban J connectivity index is 2.59. The smallest absolute Gasteiger partial charge is 0.212 e. The summed E-state index contributed by atoms with van der Waals surface area (Å²) in [4.78, 5) is 14.2. The van der Waals surface area contributed by atoms with Crippen LogP contribution in [0.4, 0.5) is 8.78 Å². The van der Waals surface area contributed by atoms with E-state index in [-0.39, 0.29) is 5.56 Å². The Bertz CT molecular complexity index is 523. The minimum absolute atomic E-state index is 0.0455. The number of aldehydes is 1. The van der Waals surface area contributed by atoms with Gasteiger partial charge in [-0.15, -0.1) is 0 Å². The highest BCUT2D eigenvalue weighted by Crippen LogP contribution is 2.23. The molecule has 2 nitrogen and oxygen atoms in total. The van der Waals surface area contributed by atoms with Gasteiger partial charge in [0.05, 0.1) is 5.56 Å². The maximum absolute atomic E-state index is 13.3. The molecular formula is C12H7F2NO. The van der Waals surface area contributed by atoms with E-state index in [4.69, 9.17) is 0 Å². The van der Waals surface area contributed by atoms with Gasteiger partial charge in [-0.2, -0.15) is 4.39 Å². The summed E-state index contributed by atoms with van der Waals surface area (Å²) < 4.78 is 25.9. The van der Waals surface area contributed by atoms with Crippen molar-refractivity contribution in [2.45, 2.75) is 0 Å². The minimum Gasteiger partial charge on any atom is -0.298 e. The average Bonchev–Trinajstić information content (AvgIpc) is 2.30. The predicted octanol–water partition coefficient (Wildman–Crippen LogP) is 2.84. The third-order valence-corrected chi connectivity index (χ3v) is 2.21. The van der Waals surface area contributed by atoms with Crippen LogP contribution in [0.25, 0.3) is 11.1 Å². The summed E-state index contributed by atoms with van der Waals surface area (Å²) in [5.41, 5.74) is 0.862. The number of carbonyl (C=O) groups excluding carboxylic acids is 1. The molecule has 0 aliphatic carbocycles. The molecule has 0 N–H and O–H groups in total. The summed E-state index contributed by atoms with van der Waals surface area (Å²) in [5, 5.41) is 0. The summed E-state index contributed by atoms with van der Waals surface area (Å²) in [6.45, 7) is 0. The first-order chi connectivity index (χ1) is 7.72. The van der Waals surface area contributed by atoms with Crippen molar-refractivity contribution in [3.05, 3.63) is 53.9 Å². The van der Waals surface area contributed by atoms with Gasteiger partial charge >= 0.3 is 0 Å². The van der Waals surface area contributed by atoms with E-state index in [1.54, 1.807) is 6.07 Å². The molecule has 0 bridgehead atoms. The van der Waals surface area contributed by atoms with Crippen LogP contribution in [0.3, 0.4) is 0 Å². The standard InChI is InChI=1S/C12H7F2NO/c13-11-3-1-2-9(10(11)7-16)8-4-5-12(14)15-6-8/h1-7H. The molecule has 2 rings (SSSR count). The molecule has 0 aliphatic rings. The Morgan fingerprint density at radius 1 is 1.12 bits per heavy atom. The lowest BCUT2D eigenvalue weighted by Crippen LogP contribution is -1.93. The number of nitrogens with zero attached hydrogens (tertiary/aromatic N) is 1. The Morgan fingerprint density at radius 2 is 1.94 bits per heavy atom. The SMILES string of the molecule is O=Cc1c(F)cccc1-c1ccc(F)nc1. The molecule has 0 saturated carbocycles. The molecule has 1 aromatic carbocycles. The van der Waals surface area contributed by atoms with E-state index in [2.05, 4.69) is 4.98 Å². The molecule has 0 saturated heterocycles. The Morgan fingerprint density at radius 3 is 2.56 bits per heavy atom. The summed E-state index contributed by atoms with van der Waals surface area (Å²) in [6, 6.07) is 6.88. The molecular weight excluding hydrogens is 212 g/mol. The van der Waals surface area contributed by atoms with E-state index in [0.717, 1.165) is 6.07 Å². The summed E-state index contributed by atoms with van der Waals surface area (Å²) in [7, 11) is 0. The number of halogens is 2. The van der Waals surface area contributed by atoms with Crippen molar-refractivity contribution >= 4 is 6.29 Å². The van der Waals surface area contributed by atoms with Crippen molar-refractivity contribution in [2.24, 2.45) is 0 Å². The molecule has 1 aromatic heterocycles. The number of hydrogen-bond acceptors (Lipinski definition) is 2. The van der Waals surface area contributed by atoms with E-state index in [9.17, 15) is 13.6 Å². The molecule has 0 fully saturated rings. The molecule has 80 valence electrons. The second kappa shape index (κ2) is 4.18. The lowest BCUT2D eigenvalue weighted by atomic mass is 10.0. The van der Waals surface area contributed by atoms with Crippen molar-refractivity contribution in [1.29, 1.82) is 0 Å². The number of pyridine rings is 1. The first-order valence-corrected chi connectivity index (χ1v) is 4.58. The fraction of sp³-hybridized carbons (Fsp3) is 0. The summed E-state index contributed by atoms with van der Waals surface area (Å²) in [5.74, 6) is -1.22. The zero-order chi connectivity index (χ0) is 11.5. The Kier molecular flexibility index (Phi) is 2.72. The molecule has 0 atom stereocenters. The number of rotatable bonds is 2. The van der Waals surface area contributed by atoms with Gasteiger partial charge in [-0.3, -0.25) is 4.79 Å². The third-order valence-electron chi connectivity index (χ3n) is 2.21. The van der Waals surface area contributed by atoms with Gasteiger partial charge < -0.3 is 0 Å². The number of aromatic nitrogens is 1. The van der Waals surface area contributed by atoms with Crippen molar-refractivity contribution in [3.63, 3.8) is 0 Å². The van der Waals surface area contributed by atoms with E-state index in [1.165, 1.54) is 24.4 Å². The quantitative estimate of drug-likeness (QED) is 0.574. The van der Waals surface area contributed by atoms with E-state index >= 15 is 0 Å². The van der Waals surface area contributed by atoms with Crippen molar-refractivity contribution < 1.29 is 13.6 Å². The predicted molar refractivity (Wildman–Crippen MR) is 55.0 cm³/mol. The monoisotopic (exact) mass is 219 g/mol. The van der Waals surface area contributed by atoms with Crippen LogP contribution in [0.1, 0.15) is 10.4 Å². The number of benzene rings is 1. The molecule has 0 amide bonds. The van der Waals surface area contributed by atoms with E-state index in [0.29, 0.717) is 17.4 Å². The van der Waals surface area contributed by atoms with Crippen molar-refractivity contribution in [3.8, 4) is 11.1 Å². The normalized spacial score (nSPS) is 10.1. The van der Waals surface area contributed by atoms with Crippen molar-refractivity contribution in [2.75, 3.05) is 0 Å². The van der Waals surface area contributed by atoms with Crippen LogP contribution in [0.5, 0.6) is 0 Å². The second-order valence-corrected chi connectivity index (χ2v) is 3.19. The van der Waals surface area contributed by atoms with Crippen LogP contribution in [-0.2, 0) is 0 Å². The zero-order valence-corrected chi connectivity index (χ0v) is 8.15. The average molecular weight is 219 g/mol. The Labute approximate surface area is 90.6 Å². The maximum atomic E-state index is 13.3.